The second-order valence-corrected chi connectivity index (χ2v) is 10.2. The Balaban J connectivity index is 1.53. The van der Waals surface area contributed by atoms with Gasteiger partial charge >= 0.3 is 0 Å². The fraction of sp³-hybridized carbons (Fsp3) is 0.435. The third-order valence-corrected chi connectivity index (χ3v) is 7.91. The molecule has 3 rings (SSSR count). The van der Waals surface area contributed by atoms with Crippen LogP contribution in [0.2, 0.25) is 0 Å². The van der Waals surface area contributed by atoms with E-state index in [-0.39, 0.29) is 10.8 Å². The summed E-state index contributed by atoms with van der Waals surface area (Å²) in [6.07, 6.45) is 3.88. The first kappa shape index (κ1) is 21.5. The van der Waals surface area contributed by atoms with Gasteiger partial charge in [0, 0.05) is 13.1 Å². The van der Waals surface area contributed by atoms with Crippen LogP contribution in [0.3, 0.4) is 0 Å². The summed E-state index contributed by atoms with van der Waals surface area (Å²) in [5.74, 6) is -0.327. The van der Waals surface area contributed by atoms with E-state index >= 15 is 0 Å². The zero-order chi connectivity index (χ0) is 21.0. The third-order valence-electron chi connectivity index (χ3n) is 5.84. The Labute approximate surface area is 172 Å². The Kier molecular flexibility index (Phi) is 6.73. The second-order valence-electron chi connectivity index (χ2n) is 7.93. The van der Waals surface area contributed by atoms with Crippen molar-refractivity contribution >= 4 is 15.7 Å². The summed E-state index contributed by atoms with van der Waals surface area (Å²) >= 11 is 0. The number of rotatable bonds is 6. The summed E-state index contributed by atoms with van der Waals surface area (Å²) in [4.78, 5) is 14.4. The van der Waals surface area contributed by atoms with E-state index in [1.807, 2.05) is 0 Å². The Bertz CT molecular complexity index is 931. The summed E-state index contributed by atoms with van der Waals surface area (Å²) in [7, 11) is -3.83. The quantitative estimate of drug-likeness (QED) is 0.663. The van der Waals surface area contributed by atoms with Gasteiger partial charge in [-0.25, -0.2) is 12.8 Å². The molecule has 0 saturated carbocycles. The first-order valence-corrected chi connectivity index (χ1v) is 11.7. The molecule has 2 aromatic carbocycles. The zero-order valence-electron chi connectivity index (χ0n) is 17.0. The molecule has 156 valence electrons. The van der Waals surface area contributed by atoms with Crippen molar-refractivity contribution in [2.45, 2.75) is 49.7 Å². The maximum atomic E-state index is 13.1. The number of hydrogen-bond donors (Lipinski definition) is 0. The lowest BCUT2D eigenvalue weighted by Gasteiger charge is -2.33. The Hall–Kier alpha value is -2.21. The Morgan fingerprint density at radius 2 is 1.66 bits per heavy atom. The normalized spacial score (nSPS) is 16.6. The van der Waals surface area contributed by atoms with Crippen LogP contribution in [0.15, 0.2) is 53.4 Å². The van der Waals surface area contributed by atoms with Gasteiger partial charge in [0.15, 0.2) is 9.84 Å². The molecule has 1 amide bonds. The molecule has 1 saturated heterocycles. The van der Waals surface area contributed by atoms with E-state index in [0.717, 1.165) is 37.8 Å². The first-order valence-electron chi connectivity index (χ1n) is 10.1. The molecule has 1 aliphatic rings. The Morgan fingerprint density at radius 3 is 2.24 bits per heavy atom. The summed E-state index contributed by atoms with van der Waals surface area (Å²) in [5, 5.41) is -1.17. The van der Waals surface area contributed by atoms with Crippen LogP contribution in [0.25, 0.3) is 0 Å². The number of carbonyl (C=O) groups excluding carboxylic acids is 1. The number of halogens is 1. The minimum Gasteiger partial charge on any atom is -0.342 e. The van der Waals surface area contributed by atoms with E-state index in [2.05, 4.69) is 31.2 Å². The molecule has 0 bridgehead atoms. The van der Waals surface area contributed by atoms with Crippen molar-refractivity contribution in [2.24, 2.45) is 5.92 Å². The van der Waals surface area contributed by atoms with Crippen molar-refractivity contribution in [3.63, 3.8) is 0 Å². The molecule has 2 aromatic rings. The predicted octanol–water partition coefficient (Wildman–Crippen LogP) is 4.17. The predicted molar refractivity (Wildman–Crippen MR) is 112 cm³/mol. The highest BCUT2D eigenvalue weighted by Gasteiger charge is 2.34. The van der Waals surface area contributed by atoms with Crippen molar-refractivity contribution in [1.82, 2.24) is 4.90 Å². The lowest BCUT2D eigenvalue weighted by Crippen LogP contribution is -2.45. The van der Waals surface area contributed by atoms with Crippen LogP contribution in [0.4, 0.5) is 4.39 Å². The number of aryl methyl sites for hydroxylation is 2. The maximum absolute atomic E-state index is 13.1. The van der Waals surface area contributed by atoms with Gasteiger partial charge in [-0.15, -0.1) is 0 Å². The number of likely N-dealkylation sites (tertiary alicyclic amines) is 1. The minimum atomic E-state index is -3.83. The van der Waals surface area contributed by atoms with E-state index in [1.54, 1.807) is 4.90 Å². The van der Waals surface area contributed by atoms with Crippen LogP contribution >= 0.6 is 0 Å². The van der Waals surface area contributed by atoms with E-state index in [9.17, 15) is 17.6 Å². The molecular weight excluding hydrogens is 389 g/mol. The topological polar surface area (TPSA) is 54.5 Å². The van der Waals surface area contributed by atoms with Crippen molar-refractivity contribution in [2.75, 3.05) is 13.1 Å². The molecule has 0 aliphatic carbocycles. The van der Waals surface area contributed by atoms with Crippen LogP contribution in [-0.2, 0) is 21.1 Å². The minimum absolute atomic E-state index is 0.0206. The molecule has 1 atom stereocenters. The number of piperidine rings is 1. The number of nitrogens with zero attached hydrogens (tertiary/aromatic N) is 1. The van der Waals surface area contributed by atoms with Crippen LogP contribution in [0, 0.1) is 18.7 Å². The van der Waals surface area contributed by atoms with Gasteiger partial charge in [-0.1, -0.05) is 29.8 Å². The fourth-order valence-corrected chi connectivity index (χ4v) is 5.12. The lowest BCUT2D eigenvalue weighted by molar-refractivity contribution is -0.131. The van der Waals surface area contributed by atoms with E-state index in [0.29, 0.717) is 19.0 Å². The van der Waals surface area contributed by atoms with Gasteiger partial charge in [-0.3, -0.25) is 4.79 Å². The molecule has 29 heavy (non-hydrogen) atoms. The number of carbonyl (C=O) groups is 1. The average molecular weight is 418 g/mol. The standard InChI is InChI=1S/C23H28FNO3S/c1-17-3-5-19(6-4-17)7-8-20-13-15-25(16-14-20)23(26)18(2)29(27,28)22-11-9-21(24)10-12-22/h3-6,9-12,18,20H,7-8,13-16H2,1-2H3. The van der Waals surface area contributed by atoms with Gasteiger partial charge in [0.2, 0.25) is 5.91 Å². The monoisotopic (exact) mass is 417 g/mol. The highest BCUT2D eigenvalue weighted by atomic mass is 32.2. The number of hydrogen-bond acceptors (Lipinski definition) is 3. The molecule has 0 aromatic heterocycles. The first-order chi connectivity index (χ1) is 13.8. The molecule has 6 heteroatoms. The van der Waals surface area contributed by atoms with Crippen LogP contribution in [0.5, 0.6) is 0 Å². The summed E-state index contributed by atoms with van der Waals surface area (Å²) < 4.78 is 38.5. The smallest absolute Gasteiger partial charge is 0.241 e. The van der Waals surface area contributed by atoms with Gasteiger partial charge in [-0.05, 0) is 75.3 Å². The van der Waals surface area contributed by atoms with Gasteiger partial charge < -0.3 is 4.90 Å². The largest absolute Gasteiger partial charge is 0.342 e. The second kappa shape index (κ2) is 9.08. The van der Waals surface area contributed by atoms with Gasteiger partial charge in [0.05, 0.1) is 4.90 Å². The van der Waals surface area contributed by atoms with Crippen LogP contribution in [0.1, 0.15) is 37.3 Å². The van der Waals surface area contributed by atoms with E-state index in [4.69, 9.17) is 0 Å². The third kappa shape index (κ3) is 5.24. The van der Waals surface area contributed by atoms with Crippen molar-refractivity contribution in [3.05, 3.63) is 65.5 Å². The maximum Gasteiger partial charge on any atom is 0.241 e. The molecular formula is C23H28FNO3S. The van der Waals surface area contributed by atoms with Crippen molar-refractivity contribution < 1.29 is 17.6 Å². The highest BCUT2D eigenvalue weighted by Crippen LogP contribution is 2.25. The molecule has 0 radical (unpaired) electrons. The van der Waals surface area contributed by atoms with Crippen LogP contribution < -0.4 is 0 Å². The number of benzene rings is 2. The number of amides is 1. The SMILES string of the molecule is Cc1ccc(CCC2CCN(C(=O)C(C)S(=O)(=O)c3ccc(F)cc3)CC2)cc1. The fourth-order valence-electron chi connectivity index (χ4n) is 3.79. The van der Waals surface area contributed by atoms with Crippen molar-refractivity contribution in [3.8, 4) is 0 Å². The summed E-state index contributed by atoms with van der Waals surface area (Å²) in [5.41, 5.74) is 2.58. The van der Waals surface area contributed by atoms with Gasteiger partial charge in [0.1, 0.15) is 11.1 Å². The zero-order valence-corrected chi connectivity index (χ0v) is 17.8. The summed E-state index contributed by atoms with van der Waals surface area (Å²) in [6.45, 7) is 4.67. The molecule has 0 spiro atoms. The van der Waals surface area contributed by atoms with Crippen LogP contribution in [-0.4, -0.2) is 37.6 Å². The number of sulfone groups is 1. The molecule has 1 unspecified atom stereocenters. The van der Waals surface area contributed by atoms with Gasteiger partial charge in [-0.2, -0.15) is 0 Å². The van der Waals surface area contributed by atoms with E-state index in [1.165, 1.54) is 30.2 Å². The molecule has 1 aliphatic heterocycles. The lowest BCUT2D eigenvalue weighted by atomic mass is 9.90. The molecule has 4 nitrogen and oxygen atoms in total. The molecule has 1 heterocycles. The van der Waals surface area contributed by atoms with Gasteiger partial charge in [0.25, 0.3) is 0 Å². The van der Waals surface area contributed by atoms with Crippen molar-refractivity contribution in [1.29, 1.82) is 0 Å². The highest BCUT2D eigenvalue weighted by molar-refractivity contribution is 7.92. The molecule has 1 fully saturated rings. The summed E-state index contributed by atoms with van der Waals surface area (Å²) in [6, 6.07) is 13.2. The average Bonchev–Trinajstić information content (AvgIpc) is 2.73. The van der Waals surface area contributed by atoms with E-state index < -0.39 is 20.9 Å². The molecule has 0 N–H and O–H groups in total. The Morgan fingerprint density at radius 1 is 1.07 bits per heavy atom.